The number of nitrogens with one attached hydrogen (secondary N) is 1. The number of carbonyl (C=O) groups is 1. The number of nitrogens with zero attached hydrogens (tertiary/aromatic N) is 1. The number of sulfonamides is 1. The van der Waals surface area contributed by atoms with E-state index in [2.05, 4.69) is 21.2 Å². The molecule has 0 atom stereocenters. The molecule has 8 heteroatoms. The van der Waals surface area contributed by atoms with Gasteiger partial charge in [-0.2, -0.15) is 0 Å². The van der Waals surface area contributed by atoms with Gasteiger partial charge in [-0.3, -0.25) is 9.10 Å². The van der Waals surface area contributed by atoms with Crippen LogP contribution in [0.1, 0.15) is 18.9 Å². The van der Waals surface area contributed by atoms with Crippen LogP contribution in [0.5, 0.6) is 5.75 Å². The number of carbonyl (C=O) groups excluding carboxylic acids is 1. The molecular formula is C20H25BrN2O4S. The SMILES string of the molecule is CCOc1ccccc1CCCNC(=O)CN(c1ccccc1Br)S(C)(=O)=O. The van der Waals surface area contributed by atoms with E-state index < -0.39 is 10.0 Å². The monoisotopic (exact) mass is 468 g/mol. The van der Waals surface area contributed by atoms with Crippen LogP contribution in [0.2, 0.25) is 0 Å². The average molecular weight is 469 g/mol. The zero-order valence-corrected chi connectivity index (χ0v) is 18.4. The van der Waals surface area contributed by atoms with E-state index in [4.69, 9.17) is 4.74 Å². The van der Waals surface area contributed by atoms with Gasteiger partial charge in [0.1, 0.15) is 12.3 Å². The third kappa shape index (κ3) is 6.53. The lowest BCUT2D eigenvalue weighted by atomic mass is 10.1. The topological polar surface area (TPSA) is 75.7 Å². The van der Waals surface area contributed by atoms with Gasteiger partial charge >= 0.3 is 0 Å². The molecule has 0 heterocycles. The Hall–Kier alpha value is -2.06. The van der Waals surface area contributed by atoms with Crippen molar-refractivity contribution in [3.8, 4) is 5.75 Å². The van der Waals surface area contributed by atoms with Gasteiger partial charge < -0.3 is 10.1 Å². The molecule has 0 saturated carbocycles. The number of anilines is 1. The van der Waals surface area contributed by atoms with Crippen molar-refractivity contribution in [2.24, 2.45) is 0 Å². The molecular weight excluding hydrogens is 444 g/mol. The fourth-order valence-electron chi connectivity index (χ4n) is 2.73. The molecule has 1 amide bonds. The van der Waals surface area contributed by atoms with Crippen LogP contribution in [0.3, 0.4) is 0 Å². The summed E-state index contributed by atoms with van der Waals surface area (Å²) in [5.41, 5.74) is 1.52. The molecule has 0 bridgehead atoms. The Morgan fingerprint density at radius 1 is 1.14 bits per heavy atom. The third-order valence-corrected chi connectivity index (χ3v) is 5.82. The molecule has 1 N–H and O–H groups in total. The minimum Gasteiger partial charge on any atom is -0.494 e. The van der Waals surface area contributed by atoms with Crippen molar-refractivity contribution in [3.05, 3.63) is 58.6 Å². The quantitative estimate of drug-likeness (QED) is 0.542. The lowest BCUT2D eigenvalue weighted by Gasteiger charge is -2.23. The molecule has 28 heavy (non-hydrogen) atoms. The van der Waals surface area contributed by atoms with Gasteiger partial charge in [0.25, 0.3) is 0 Å². The van der Waals surface area contributed by atoms with Gasteiger partial charge in [0.05, 0.1) is 18.6 Å². The summed E-state index contributed by atoms with van der Waals surface area (Å²) in [6, 6.07) is 14.7. The summed E-state index contributed by atoms with van der Waals surface area (Å²) in [5.74, 6) is 0.507. The highest BCUT2D eigenvalue weighted by atomic mass is 79.9. The third-order valence-electron chi connectivity index (χ3n) is 4.03. The summed E-state index contributed by atoms with van der Waals surface area (Å²) in [6.07, 6.45) is 2.57. The molecule has 2 aromatic rings. The molecule has 0 spiro atoms. The van der Waals surface area contributed by atoms with E-state index in [1.807, 2.05) is 31.2 Å². The summed E-state index contributed by atoms with van der Waals surface area (Å²) >= 11 is 3.34. The van der Waals surface area contributed by atoms with Crippen LogP contribution in [-0.4, -0.2) is 40.3 Å². The van der Waals surface area contributed by atoms with Crippen molar-refractivity contribution in [1.82, 2.24) is 5.32 Å². The molecule has 0 aliphatic heterocycles. The zero-order valence-electron chi connectivity index (χ0n) is 16.0. The smallest absolute Gasteiger partial charge is 0.240 e. The zero-order chi connectivity index (χ0) is 20.6. The molecule has 6 nitrogen and oxygen atoms in total. The number of rotatable bonds is 10. The largest absolute Gasteiger partial charge is 0.494 e. The maximum atomic E-state index is 12.3. The molecule has 0 saturated heterocycles. The standard InChI is InChI=1S/C20H25BrN2O4S/c1-3-27-19-13-7-4-9-16(19)10-8-14-22-20(24)15-23(28(2,25)26)18-12-6-5-11-17(18)21/h4-7,9,11-13H,3,8,10,14-15H2,1-2H3,(H,22,24). The summed E-state index contributed by atoms with van der Waals surface area (Å²) < 4.78 is 31.6. The van der Waals surface area contributed by atoms with Crippen LogP contribution in [0, 0.1) is 0 Å². The number of benzene rings is 2. The minimum atomic E-state index is -3.60. The Labute approximate surface area is 175 Å². The molecule has 2 aromatic carbocycles. The molecule has 0 radical (unpaired) electrons. The Morgan fingerprint density at radius 3 is 2.50 bits per heavy atom. The van der Waals surface area contributed by atoms with E-state index in [-0.39, 0.29) is 12.5 Å². The van der Waals surface area contributed by atoms with E-state index in [1.165, 1.54) is 0 Å². The van der Waals surface area contributed by atoms with Crippen molar-refractivity contribution < 1.29 is 17.9 Å². The highest BCUT2D eigenvalue weighted by Gasteiger charge is 2.22. The van der Waals surface area contributed by atoms with Crippen molar-refractivity contribution >= 4 is 37.5 Å². The van der Waals surface area contributed by atoms with Crippen LogP contribution in [0.25, 0.3) is 0 Å². The fourth-order valence-corrected chi connectivity index (χ4v) is 4.22. The number of halogens is 1. The molecule has 2 rings (SSSR count). The normalized spacial score (nSPS) is 11.1. The van der Waals surface area contributed by atoms with Gasteiger partial charge in [-0.1, -0.05) is 30.3 Å². The maximum absolute atomic E-state index is 12.3. The first-order valence-electron chi connectivity index (χ1n) is 9.02. The van der Waals surface area contributed by atoms with Gasteiger partial charge in [-0.05, 0) is 59.5 Å². The molecule has 152 valence electrons. The lowest BCUT2D eigenvalue weighted by molar-refractivity contribution is -0.119. The second-order valence-electron chi connectivity index (χ2n) is 6.22. The molecule has 0 unspecified atom stereocenters. The Kier molecular flexibility index (Phi) is 8.32. The van der Waals surface area contributed by atoms with Gasteiger partial charge in [-0.15, -0.1) is 0 Å². The number of amides is 1. The number of hydrogen-bond donors (Lipinski definition) is 1. The number of hydrogen-bond acceptors (Lipinski definition) is 4. The Morgan fingerprint density at radius 2 is 1.82 bits per heavy atom. The first-order valence-corrected chi connectivity index (χ1v) is 11.7. The van der Waals surface area contributed by atoms with Crippen LogP contribution < -0.4 is 14.4 Å². The maximum Gasteiger partial charge on any atom is 0.240 e. The van der Waals surface area contributed by atoms with Crippen molar-refractivity contribution in [2.75, 3.05) is 30.3 Å². The second-order valence-corrected chi connectivity index (χ2v) is 8.98. The van der Waals surface area contributed by atoms with Crippen molar-refractivity contribution in [1.29, 1.82) is 0 Å². The van der Waals surface area contributed by atoms with Crippen molar-refractivity contribution in [2.45, 2.75) is 19.8 Å². The molecule has 0 aliphatic carbocycles. The fraction of sp³-hybridized carbons (Fsp3) is 0.350. The van der Waals surface area contributed by atoms with E-state index in [1.54, 1.807) is 24.3 Å². The highest BCUT2D eigenvalue weighted by molar-refractivity contribution is 9.10. The van der Waals surface area contributed by atoms with E-state index in [0.717, 1.165) is 34.7 Å². The molecule has 0 aliphatic rings. The average Bonchev–Trinajstić information content (AvgIpc) is 2.64. The highest BCUT2D eigenvalue weighted by Crippen LogP contribution is 2.27. The van der Waals surface area contributed by atoms with Crippen LogP contribution >= 0.6 is 15.9 Å². The molecule has 0 fully saturated rings. The first-order chi connectivity index (χ1) is 13.3. The van der Waals surface area contributed by atoms with Crippen LogP contribution in [0.15, 0.2) is 53.0 Å². The van der Waals surface area contributed by atoms with E-state index in [0.29, 0.717) is 23.3 Å². The number of ether oxygens (including phenoxy) is 1. The summed E-state index contributed by atoms with van der Waals surface area (Å²) in [7, 11) is -3.60. The van der Waals surface area contributed by atoms with Gasteiger partial charge in [0, 0.05) is 11.0 Å². The second kappa shape index (κ2) is 10.5. The van der Waals surface area contributed by atoms with Gasteiger partial charge in [0.15, 0.2) is 0 Å². The number of para-hydroxylation sites is 2. The summed E-state index contributed by atoms with van der Waals surface area (Å²) in [4.78, 5) is 12.3. The summed E-state index contributed by atoms with van der Waals surface area (Å²) in [5, 5.41) is 2.79. The van der Waals surface area contributed by atoms with Crippen LogP contribution in [-0.2, 0) is 21.2 Å². The van der Waals surface area contributed by atoms with E-state index in [9.17, 15) is 13.2 Å². The lowest BCUT2D eigenvalue weighted by Crippen LogP contribution is -2.40. The van der Waals surface area contributed by atoms with Crippen LogP contribution in [0.4, 0.5) is 5.69 Å². The van der Waals surface area contributed by atoms with Crippen molar-refractivity contribution in [3.63, 3.8) is 0 Å². The Balaban J connectivity index is 1.91. The predicted molar refractivity (Wildman–Crippen MR) is 115 cm³/mol. The first kappa shape index (κ1) is 22.2. The number of aryl methyl sites for hydroxylation is 1. The van der Waals surface area contributed by atoms with Gasteiger partial charge in [-0.25, -0.2) is 8.42 Å². The minimum absolute atomic E-state index is 0.267. The van der Waals surface area contributed by atoms with E-state index >= 15 is 0 Å². The Bertz CT molecular complexity index is 903. The van der Waals surface area contributed by atoms with Gasteiger partial charge in [0.2, 0.25) is 15.9 Å². The molecule has 0 aromatic heterocycles. The predicted octanol–water partition coefficient (Wildman–Crippen LogP) is 3.36. The summed E-state index contributed by atoms with van der Waals surface area (Å²) in [6.45, 7) is 2.73.